The van der Waals surface area contributed by atoms with Crippen LogP contribution in [0.5, 0.6) is 5.75 Å². The van der Waals surface area contributed by atoms with E-state index in [0.29, 0.717) is 22.2 Å². The number of para-hydroxylation sites is 1. The zero-order valence-corrected chi connectivity index (χ0v) is 13.4. The van der Waals surface area contributed by atoms with Gasteiger partial charge in [-0.3, -0.25) is 4.79 Å². The number of hydrogen-bond donors (Lipinski definition) is 1. The molecule has 0 bridgehead atoms. The van der Waals surface area contributed by atoms with Gasteiger partial charge in [-0.15, -0.1) is 11.3 Å². The molecule has 1 heterocycles. The summed E-state index contributed by atoms with van der Waals surface area (Å²) in [5, 5.41) is 0. The van der Waals surface area contributed by atoms with E-state index in [1.54, 1.807) is 31.2 Å². The lowest BCUT2D eigenvalue weighted by Crippen LogP contribution is -2.35. The molecule has 0 saturated heterocycles. The highest BCUT2D eigenvalue weighted by Gasteiger charge is 2.23. The van der Waals surface area contributed by atoms with Crippen molar-refractivity contribution in [1.82, 2.24) is 4.90 Å². The van der Waals surface area contributed by atoms with Crippen LogP contribution < -0.4 is 10.5 Å². The average Bonchev–Trinajstić information content (AvgIpc) is 2.90. The normalized spacial score (nSPS) is 12.0. The van der Waals surface area contributed by atoms with Crippen molar-refractivity contribution in [2.45, 2.75) is 12.6 Å². The quantitative estimate of drug-likeness (QED) is 0.919. The summed E-state index contributed by atoms with van der Waals surface area (Å²) in [4.78, 5) is 15.1. The SMILES string of the molecule is COc1ccccc1[C@H](N)C(=O)N(C)Cc1ccc(Cl)s1. The van der Waals surface area contributed by atoms with Crippen LogP contribution in [0.4, 0.5) is 0 Å². The molecule has 2 rings (SSSR count). The Morgan fingerprint density at radius 3 is 2.71 bits per heavy atom. The van der Waals surface area contributed by atoms with Crippen LogP contribution in [0.15, 0.2) is 36.4 Å². The molecule has 1 atom stereocenters. The molecular formula is C15H17ClN2O2S. The minimum absolute atomic E-state index is 0.163. The van der Waals surface area contributed by atoms with E-state index in [1.807, 2.05) is 24.3 Å². The highest BCUT2D eigenvalue weighted by atomic mass is 35.5. The van der Waals surface area contributed by atoms with Crippen molar-refractivity contribution in [3.05, 3.63) is 51.2 Å². The van der Waals surface area contributed by atoms with Gasteiger partial charge in [-0.05, 0) is 18.2 Å². The first-order valence-corrected chi connectivity index (χ1v) is 7.60. The van der Waals surface area contributed by atoms with Crippen LogP contribution in [-0.2, 0) is 11.3 Å². The first-order chi connectivity index (χ1) is 10.0. The molecular weight excluding hydrogens is 308 g/mol. The van der Waals surface area contributed by atoms with Crippen LogP contribution in [0.2, 0.25) is 4.34 Å². The maximum atomic E-state index is 12.4. The van der Waals surface area contributed by atoms with Crippen molar-refractivity contribution in [2.24, 2.45) is 5.73 Å². The van der Waals surface area contributed by atoms with Crippen molar-refractivity contribution in [3.8, 4) is 5.75 Å². The highest BCUT2D eigenvalue weighted by Crippen LogP contribution is 2.26. The van der Waals surface area contributed by atoms with Gasteiger partial charge in [0, 0.05) is 17.5 Å². The van der Waals surface area contributed by atoms with Gasteiger partial charge >= 0.3 is 0 Å². The second kappa shape index (κ2) is 6.93. The zero-order valence-electron chi connectivity index (χ0n) is 11.9. The number of likely N-dealkylation sites (N-methyl/N-ethyl adjacent to an activating group) is 1. The molecule has 0 fully saturated rings. The number of hydrogen-bond acceptors (Lipinski definition) is 4. The molecule has 6 heteroatoms. The largest absolute Gasteiger partial charge is 0.496 e. The van der Waals surface area contributed by atoms with E-state index in [0.717, 1.165) is 4.88 Å². The van der Waals surface area contributed by atoms with Crippen LogP contribution in [0, 0.1) is 0 Å². The second-order valence-corrected chi connectivity index (χ2v) is 6.42. The van der Waals surface area contributed by atoms with Crippen LogP contribution in [-0.4, -0.2) is 25.0 Å². The fourth-order valence-electron chi connectivity index (χ4n) is 2.04. The fraction of sp³-hybridized carbons (Fsp3) is 0.267. The number of halogens is 1. The maximum Gasteiger partial charge on any atom is 0.244 e. The van der Waals surface area contributed by atoms with Gasteiger partial charge in [0.2, 0.25) is 5.91 Å². The van der Waals surface area contributed by atoms with Gasteiger partial charge in [-0.1, -0.05) is 29.8 Å². The summed E-state index contributed by atoms with van der Waals surface area (Å²) in [6, 6.07) is 10.3. The molecule has 4 nitrogen and oxygen atoms in total. The molecule has 1 aromatic carbocycles. The smallest absolute Gasteiger partial charge is 0.244 e. The van der Waals surface area contributed by atoms with E-state index in [9.17, 15) is 4.79 Å². The van der Waals surface area contributed by atoms with E-state index in [-0.39, 0.29) is 5.91 Å². The third kappa shape index (κ3) is 3.75. The van der Waals surface area contributed by atoms with Gasteiger partial charge in [-0.25, -0.2) is 0 Å². The van der Waals surface area contributed by atoms with Gasteiger partial charge in [0.15, 0.2) is 0 Å². The summed E-state index contributed by atoms with van der Waals surface area (Å²) >= 11 is 7.35. The molecule has 0 aliphatic heterocycles. The number of nitrogens with zero attached hydrogens (tertiary/aromatic N) is 1. The number of nitrogens with two attached hydrogens (primary N) is 1. The van der Waals surface area contributed by atoms with E-state index >= 15 is 0 Å². The Hall–Kier alpha value is -1.56. The molecule has 0 saturated carbocycles. The van der Waals surface area contributed by atoms with E-state index in [2.05, 4.69) is 0 Å². The van der Waals surface area contributed by atoms with Crippen molar-refractivity contribution in [3.63, 3.8) is 0 Å². The van der Waals surface area contributed by atoms with Gasteiger partial charge in [0.1, 0.15) is 11.8 Å². The lowest BCUT2D eigenvalue weighted by molar-refractivity contribution is -0.131. The summed E-state index contributed by atoms with van der Waals surface area (Å²) in [5.74, 6) is 0.454. The van der Waals surface area contributed by atoms with E-state index in [4.69, 9.17) is 22.1 Å². The second-order valence-electron chi connectivity index (χ2n) is 4.62. The molecule has 0 spiro atoms. The first kappa shape index (κ1) is 15.8. The summed E-state index contributed by atoms with van der Waals surface area (Å²) in [5.41, 5.74) is 6.76. The third-order valence-corrected chi connectivity index (χ3v) is 4.35. The van der Waals surface area contributed by atoms with E-state index in [1.165, 1.54) is 11.3 Å². The number of carbonyl (C=O) groups excluding carboxylic acids is 1. The summed E-state index contributed by atoms with van der Waals surface area (Å²) in [6.07, 6.45) is 0. The zero-order chi connectivity index (χ0) is 15.4. The van der Waals surface area contributed by atoms with Crippen molar-refractivity contribution in [2.75, 3.05) is 14.2 Å². The molecule has 2 N–H and O–H groups in total. The summed E-state index contributed by atoms with van der Waals surface area (Å²) < 4.78 is 5.96. The predicted molar refractivity (Wildman–Crippen MR) is 85.7 cm³/mol. The van der Waals surface area contributed by atoms with Crippen LogP contribution in [0.1, 0.15) is 16.5 Å². The van der Waals surface area contributed by atoms with Crippen molar-refractivity contribution < 1.29 is 9.53 Å². The van der Waals surface area contributed by atoms with Gasteiger partial charge in [-0.2, -0.15) is 0 Å². The molecule has 0 radical (unpaired) electrons. The van der Waals surface area contributed by atoms with Crippen LogP contribution in [0.25, 0.3) is 0 Å². The first-order valence-electron chi connectivity index (χ1n) is 6.40. The monoisotopic (exact) mass is 324 g/mol. The molecule has 112 valence electrons. The molecule has 1 amide bonds. The Kier molecular flexibility index (Phi) is 5.22. The third-order valence-electron chi connectivity index (χ3n) is 3.14. The van der Waals surface area contributed by atoms with Gasteiger partial charge in [0.05, 0.1) is 18.0 Å². The number of benzene rings is 1. The fourth-order valence-corrected chi connectivity index (χ4v) is 3.18. The number of thiophene rings is 1. The number of carbonyl (C=O) groups is 1. The Bertz CT molecular complexity index is 630. The maximum absolute atomic E-state index is 12.4. The molecule has 2 aromatic rings. The average molecular weight is 325 g/mol. The summed E-state index contributed by atoms with van der Waals surface area (Å²) in [7, 11) is 3.29. The molecule has 0 aliphatic rings. The van der Waals surface area contributed by atoms with Crippen LogP contribution in [0.3, 0.4) is 0 Å². The number of amides is 1. The highest BCUT2D eigenvalue weighted by molar-refractivity contribution is 7.16. The molecule has 21 heavy (non-hydrogen) atoms. The Morgan fingerprint density at radius 2 is 2.10 bits per heavy atom. The number of ether oxygens (including phenoxy) is 1. The Labute approximate surface area is 133 Å². The summed E-state index contributed by atoms with van der Waals surface area (Å²) in [6.45, 7) is 0.485. The molecule has 0 unspecified atom stereocenters. The standard InChI is InChI=1S/C15H17ClN2O2S/c1-18(9-10-7-8-13(16)21-10)15(19)14(17)11-5-3-4-6-12(11)20-2/h3-8,14H,9,17H2,1-2H3/t14-/m0/s1. The lowest BCUT2D eigenvalue weighted by Gasteiger charge is -2.22. The minimum Gasteiger partial charge on any atom is -0.496 e. The number of methoxy groups -OCH3 is 1. The van der Waals surface area contributed by atoms with Gasteiger partial charge in [0.25, 0.3) is 0 Å². The lowest BCUT2D eigenvalue weighted by atomic mass is 10.1. The van der Waals surface area contributed by atoms with Crippen molar-refractivity contribution >= 4 is 28.8 Å². The predicted octanol–water partition coefficient (Wildman–Crippen LogP) is 3.07. The number of rotatable bonds is 5. The minimum atomic E-state index is -0.749. The van der Waals surface area contributed by atoms with E-state index < -0.39 is 6.04 Å². The van der Waals surface area contributed by atoms with Gasteiger partial charge < -0.3 is 15.4 Å². The van der Waals surface area contributed by atoms with Crippen molar-refractivity contribution in [1.29, 1.82) is 0 Å². The molecule has 0 aliphatic carbocycles. The molecule has 1 aromatic heterocycles. The topological polar surface area (TPSA) is 55.6 Å². The Balaban J connectivity index is 2.11. The Morgan fingerprint density at radius 1 is 1.38 bits per heavy atom. The van der Waals surface area contributed by atoms with Crippen LogP contribution >= 0.6 is 22.9 Å².